The molecule has 6 aromatic rings. The summed E-state index contributed by atoms with van der Waals surface area (Å²) in [5.41, 5.74) is 7.49. The molecule has 41 heavy (non-hydrogen) atoms. The van der Waals surface area contributed by atoms with Gasteiger partial charge < -0.3 is 4.74 Å². The molecule has 0 saturated carbocycles. The number of nitrogens with zero attached hydrogens (tertiary/aromatic N) is 2. The number of aromatic nitrogens is 2. The molecule has 0 unspecified atom stereocenters. The zero-order chi connectivity index (χ0) is 28.0. The monoisotopic (exact) mass is 592 g/mol. The Labute approximate surface area is 254 Å². The van der Waals surface area contributed by atoms with Crippen LogP contribution in [0.5, 0.6) is 5.75 Å². The zero-order valence-electron chi connectivity index (χ0n) is 23.1. The van der Waals surface area contributed by atoms with Crippen molar-refractivity contribution in [3.8, 4) is 37.1 Å². The summed E-state index contributed by atoms with van der Waals surface area (Å²) in [6.07, 6.45) is 8.25. The summed E-state index contributed by atoms with van der Waals surface area (Å²) in [7, 11) is 0. The highest BCUT2D eigenvalue weighted by molar-refractivity contribution is 7.24. The molecular formula is C35H32N2OS3. The molecule has 0 amide bonds. The molecule has 3 aromatic carbocycles. The highest BCUT2D eigenvalue weighted by Gasteiger charge is 2.16. The molecule has 0 saturated heterocycles. The molecule has 0 radical (unpaired) electrons. The predicted octanol–water partition coefficient (Wildman–Crippen LogP) is 11.2. The summed E-state index contributed by atoms with van der Waals surface area (Å²) in [6, 6.07) is 29.9. The minimum Gasteiger partial charge on any atom is -0.489 e. The maximum absolute atomic E-state index is 6.03. The van der Waals surface area contributed by atoms with Gasteiger partial charge in [-0.15, -0.1) is 22.7 Å². The maximum Gasteiger partial charge on any atom is 0.119 e. The lowest BCUT2D eigenvalue weighted by molar-refractivity contribution is 0.306. The number of hydrogen-bond donors (Lipinski definition) is 0. The normalized spacial score (nSPS) is 11.2. The molecule has 6 rings (SSSR count). The highest BCUT2D eigenvalue weighted by Crippen LogP contribution is 2.41. The van der Waals surface area contributed by atoms with Crippen molar-refractivity contribution in [2.75, 3.05) is 0 Å². The van der Waals surface area contributed by atoms with Crippen LogP contribution in [0.2, 0.25) is 0 Å². The van der Waals surface area contributed by atoms with Crippen molar-refractivity contribution >= 4 is 51.5 Å². The first-order valence-corrected chi connectivity index (χ1v) is 16.5. The highest BCUT2D eigenvalue weighted by atomic mass is 32.1. The van der Waals surface area contributed by atoms with Crippen LogP contribution >= 0.6 is 34.4 Å². The van der Waals surface area contributed by atoms with Crippen molar-refractivity contribution in [2.45, 2.75) is 45.6 Å². The quantitative estimate of drug-likeness (QED) is 0.133. The third-order valence-electron chi connectivity index (χ3n) is 7.25. The van der Waals surface area contributed by atoms with Crippen molar-refractivity contribution in [1.29, 1.82) is 0 Å². The van der Waals surface area contributed by atoms with E-state index in [4.69, 9.17) is 13.5 Å². The van der Waals surface area contributed by atoms with Crippen LogP contribution in [0.1, 0.15) is 48.6 Å². The Morgan fingerprint density at radius 1 is 0.707 bits per heavy atom. The van der Waals surface area contributed by atoms with E-state index in [1.807, 2.05) is 40.9 Å². The van der Waals surface area contributed by atoms with Gasteiger partial charge in [0.05, 0.1) is 11.7 Å². The Kier molecular flexibility index (Phi) is 8.71. The molecule has 0 fully saturated rings. The number of thiophene rings is 2. The molecule has 3 aromatic heterocycles. The van der Waals surface area contributed by atoms with E-state index in [0.29, 0.717) is 6.61 Å². The Bertz CT molecular complexity index is 1740. The second kappa shape index (κ2) is 12.9. The van der Waals surface area contributed by atoms with Gasteiger partial charge in [-0.1, -0.05) is 87.4 Å². The molecule has 0 aliphatic carbocycles. The van der Waals surface area contributed by atoms with Crippen LogP contribution in [0, 0.1) is 0 Å². The Morgan fingerprint density at radius 3 is 2.20 bits per heavy atom. The van der Waals surface area contributed by atoms with Gasteiger partial charge in [-0.05, 0) is 65.9 Å². The van der Waals surface area contributed by atoms with Crippen molar-refractivity contribution in [2.24, 2.45) is 0 Å². The molecule has 0 aliphatic rings. The smallest absolute Gasteiger partial charge is 0.119 e. The SMILES string of the molecule is C=Cc1ccc(COc2ccc(-c3ccc(-c4ccc(-c5ccc(CCCCCC)s5)s4)c4nsnc34)cc2)cc1. The third-order valence-corrected chi connectivity index (χ3v) is 10.2. The first-order chi connectivity index (χ1) is 20.2. The largest absolute Gasteiger partial charge is 0.489 e. The van der Waals surface area contributed by atoms with E-state index in [2.05, 4.69) is 86.3 Å². The average Bonchev–Trinajstić information content (AvgIpc) is 3.80. The predicted molar refractivity (Wildman–Crippen MR) is 178 cm³/mol. The third kappa shape index (κ3) is 6.35. The van der Waals surface area contributed by atoms with E-state index in [0.717, 1.165) is 44.6 Å². The standard InChI is InChI=1S/C35H32N2OS3/c1-3-5-6-7-8-28-17-20-32(39-28)33-22-21-31(40-33)30-19-18-29(34-35(30)37-41-36-34)26-13-15-27(16-14-26)38-23-25-11-9-24(4-2)10-12-25/h4,9-22H,2-3,5-8,23H2,1H3. The summed E-state index contributed by atoms with van der Waals surface area (Å²) in [5, 5.41) is 0. The van der Waals surface area contributed by atoms with E-state index >= 15 is 0 Å². The number of unbranched alkanes of at least 4 members (excludes halogenated alkanes) is 3. The Morgan fingerprint density at radius 2 is 1.41 bits per heavy atom. The molecule has 0 atom stereocenters. The minimum absolute atomic E-state index is 0.528. The van der Waals surface area contributed by atoms with E-state index in [9.17, 15) is 0 Å². The van der Waals surface area contributed by atoms with Crippen LogP contribution in [0.4, 0.5) is 0 Å². The first-order valence-electron chi connectivity index (χ1n) is 14.1. The summed E-state index contributed by atoms with van der Waals surface area (Å²) < 4.78 is 15.4. The Hall–Kier alpha value is -3.58. The van der Waals surface area contributed by atoms with Crippen LogP contribution in [-0.2, 0) is 13.0 Å². The van der Waals surface area contributed by atoms with Crippen LogP contribution in [-0.4, -0.2) is 8.75 Å². The second-order valence-electron chi connectivity index (χ2n) is 10.1. The van der Waals surface area contributed by atoms with Gasteiger partial charge in [0.25, 0.3) is 0 Å². The summed E-state index contributed by atoms with van der Waals surface area (Å²) in [5.74, 6) is 0.842. The molecule has 206 valence electrons. The van der Waals surface area contributed by atoms with E-state index in [1.54, 1.807) is 0 Å². The van der Waals surface area contributed by atoms with Gasteiger partial charge in [0.15, 0.2) is 0 Å². The molecule has 0 bridgehead atoms. The number of hydrogen-bond acceptors (Lipinski definition) is 6. The second-order valence-corrected chi connectivity index (χ2v) is 12.9. The van der Waals surface area contributed by atoms with Crippen molar-refractivity contribution in [3.63, 3.8) is 0 Å². The van der Waals surface area contributed by atoms with Gasteiger partial charge >= 0.3 is 0 Å². The Balaban J connectivity index is 1.17. The van der Waals surface area contributed by atoms with Gasteiger partial charge in [0.2, 0.25) is 0 Å². The zero-order valence-corrected chi connectivity index (χ0v) is 25.6. The van der Waals surface area contributed by atoms with Crippen LogP contribution in [0.25, 0.3) is 48.4 Å². The maximum atomic E-state index is 6.03. The number of fused-ring (bicyclic) bond motifs is 1. The van der Waals surface area contributed by atoms with Gasteiger partial charge in [-0.3, -0.25) is 0 Å². The fraction of sp³-hybridized carbons (Fsp3) is 0.200. The lowest BCUT2D eigenvalue weighted by Gasteiger charge is -2.09. The van der Waals surface area contributed by atoms with E-state index < -0.39 is 0 Å². The lowest BCUT2D eigenvalue weighted by Crippen LogP contribution is -1.95. The summed E-state index contributed by atoms with van der Waals surface area (Å²) in [4.78, 5) is 5.39. The van der Waals surface area contributed by atoms with Gasteiger partial charge in [0, 0.05) is 30.6 Å². The van der Waals surface area contributed by atoms with Crippen molar-refractivity contribution in [3.05, 3.63) is 108 Å². The molecule has 3 nitrogen and oxygen atoms in total. The van der Waals surface area contributed by atoms with E-state index in [-0.39, 0.29) is 0 Å². The molecule has 6 heteroatoms. The number of aryl methyl sites for hydroxylation is 1. The summed E-state index contributed by atoms with van der Waals surface area (Å²) >= 11 is 5.05. The molecular weight excluding hydrogens is 561 g/mol. The minimum atomic E-state index is 0.528. The van der Waals surface area contributed by atoms with E-state index in [1.165, 1.54) is 63.3 Å². The van der Waals surface area contributed by atoms with Gasteiger partial charge in [0.1, 0.15) is 23.4 Å². The molecule has 0 N–H and O–H groups in total. The molecule has 0 aliphatic heterocycles. The van der Waals surface area contributed by atoms with Crippen molar-refractivity contribution in [1.82, 2.24) is 8.75 Å². The van der Waals surface area contributed by atoms with Crippen LogP contribution in [0.15, 0.2) is 91.5 Å². The van der Waals surface area contributed by atoms with Crippen molar-refractivity contribution < 1.29 is 4.74 Å². The lowest BCUT2D eigenvalue weighted by atomic mass is 10.0. The topological polar surface area (TPSA) is 35.0 Å². The fourth-order valence-electron chi connectivity index (χ4n) is 4.93. The van der Waals surface area contributed by atoms with Gasteiger partial charge in [-0.2, -0.15) is 8.75 Å². The average molecular weight is 593 g/mol. The van der Waals surface area contributed by atoms with Gasteiger partial charge in [-0.25, -0.2) is 0 Å². The molecule has 0 spiro atoms. The first kappa shape index (κ1) is 27.6. The number of ether oxygens (including phenoxy) is 1. The molecule has 3 heterocycles. The summed E-state index contributed by atoms with van der Waals surface area (Å²) in [6.45, 7) is 6.60. The number of benzene rings is 3. The fourth-order valence-corrected chi connectivity index (χ4v) is 7.68. The van der Waals surface area contributed by atoms with Crippen LogP contribution < -0.4 is 4.74 Å². The van der Waals surface area contributed by atoms with Crippen LogP contribution in [0.3, 0.4) is 0 Å². The number of rotatable bonds is 12.